The van der Waals surface area contributed by atoms with Gasteiger partial charge in [0.1, 0.15) is 5.34 Å². The van der Waals surface area contributed by atoms with Crippen LogP contribution in [0, 0.1) is 0 Å². The molecule has 2 atom stereocenters. The fraction of sp³-hybridized carbons (Fsp3) is 0.400. The van der Waals surface area contributed by atoms with E-state index in [1.165, 1.54) is 6.92 Å². The minimum absolute atomic E-state index is 0.267. The van der Waals surface area contributed by atoms with Gasteiger partial charge in [0, 0.05) is 5.02 Å². The third-order valence-electron chi connectivity index (χ3n) is 2.27. The lowest BCUT2D eigenvalue weighted by Crippen LogP contribution is -2.19. The monoisotopic (exact) mass is 248 g/mol. The summed E-state index contributed by atoms with van der Waals surface area (Å²) in [4.78, 5) is 8.88. The average molecular weight is 249 g/mol. The fourth-order valence-electron chi connectivity index (χ4n) is 1.15. The Labute approximate surface area is 94.6 Å². The molecule has 0 bridgehead atoms. The van der Waals surface area contributed by atoms with Gasteiger partial charge in [0.2, 0.25) is 8.03 Å². The highest BCUT2D eigenvalue weighted by Crippen LogP contribution is 2.35. The zero-order valence-corrected chi connectivity index (χ0v) is 10.2. The first-order valence-corrected chi connectivity index (χ1v) is 6.35. The Balaban J connectivity index is 2.57. The van der Waals surface area contributed by atoms with E-state index in [9.17, 15) is 9.67 Å². The summed E-state index contributed by atoms with van der Waals surface area (Å²) in [6.07, 6.45) is 0.823. The van der Waals surface area contributed by atoms with Crippen molar-refractivity contribution in [3.8, 4) is 0 Å². The molecule has 0 aliphatic carbocycles. The lowest BCUT2D eigenvalue weighted by atomic mass is 10.1. The largest absolute Gasteiger partial charge is 0.380 e. The van der Waals surface area contributed by atoms with Crippen LogP contribution in [-0.2, 0) is 11.0 Å². The number of hydrogen-bond donors (Lipinski definition) is 2. The van der Waals surface area contributed by atoms with Gasteiger partial charge in [-0.15, -0.1) is 0 Å². The van der Waals surface area contributed by atoms with Crippen molar-refractivity contribution in [2.45, 2.75) is 25.1 Å². The third kappa shape index (κ3) is 3.96. The maximum absolute atomic E-state index is 10.8. The lowest BCUT2D eigenvalue weighted by Gasteiger charge is -2.19. The van der Waals surface area contributed by atoms with E-state index < -0.39 is 13.4 Å². The van der Waals surface area contributed by atoms with Gasteiger partial charge >= 0.3 is 0 Å². The summed E-state index contributed by atoms with van der Waals surface area (Å²) in [7, 11) is -2.91. The molecular weight excluding hydrogens is 235 g/mol. The van der Waals surface area contributed by atoms with Crippen molar-refractivity contribution >= 4 is 19.6 Å². The van der Waals surface area contributed by atoms with Crippen LogP contribution in [0.4, 0.5) is 0 Å². The van der Waals surface area contributed by atoms with E-state index in [-0.39, 0.29) is 6.42 Å². The van der Waals surface area contributed by atoms with Crippen LogP contribution in [0.2, 0.25) is 5.02 Å². The van der Waals surface area contributed by atoms with Crippen LogP contribution in [0.25, 0.3) is 0 Å². The molecule has 0 saturated carbocycles. The van der Waals surface area contributed by atoms with Crippen LogP contribution in [-0.4, -0.2) is 15.3 Å². The van der Waals surface area contributed by atoms with E-state index in [4.69, 9.17) is 16.5 Å². The van der Waals surface area contributed by atoms with Crippen LogP contribution < -0.4 is 0 Å². The molecule has 0 spiro atoms. The van der Waals surface area contributed by atoms with Crippen molar-refractivity contribution in [2.24, 2.45) is 0 Å². The van der Waals surface area contributed by atoms with Crippen molar-refractivity contribution < 1.29 is 14.6 Å². The third-order valence-corrected chi connectivity index (χ3v) is 3.70. The first-order valence-electron chi connectivity index (χ1n) is 4.62. The van der Waals surface area contributed by atoms with E-state index in [0.717, 1.165) is 5.56 Å². The van der Waals surface area contributed by atoms with Gasteiger partial charge in [0.25, 0.3) is 0 Å². The standard InChI is InChI=1S/C10H14ClO3P/c1-10(12,15(13)14)7-6-8-2-4-9(11)5-3-8/h2-5,12,15H,6-7H2,1H3,(H,13,14). The van der Waals surface area contributed by atoms with Crippen molar-refractivity contribution in [1.29, 1.82) is 0 Å². The van der Waals surface area contributed by atoms with E-state index in [1.807, 2.05) is 12.1 Å². The normalized spacial score (nSPS) is 17.1. The molecule has 0 saturated heterocycles. The second-order valence-corrected chi connectivity index (χ2v) is 5.83. The van der Waals surface area contributed by atoms with Crippen LogP contribution in [0.15, 0.2) is 24.3 Å². The van der Waals surface area contributed by atoms with Crippen LogP contribution in [0.3, 0.4) is 0 Å². The Kier molecular flexibility index (Phi) is 4.35. The maximum atomic E-state index is 10.8. The van der Waals surface area contributed by atoms with Gasteiger partial charge in [-0.2, -0.15) is 0 Å². The molecule has 2 unspecified atom stereocenters. The summed E-state index contributed by atoms with van der Waals surface area (Å²) in [6.45, 7) is 1.38. The Morgan fingerprint density at radius 1 is 1.40 bits per heavy atom. The minimum Gasteiger partial charge on any atom is -0.380 e. The molecule has 5 heteroatoms. The quantitative estimate of drug-likeness (QED) is 0.805. The Morgan fingerprint density at radius 3 is 2.40 bits per heavy atom. The van der Waals surface area contributed by atoms with E-state index in [1.54, 1.807) is 12.1 Å². The summed E-state index contributed by atoms with van der Waals surface area (Å²) < 4.78 is 10.8. The highest BCUT2D eigenvalue weighted by Gasteiger charge is 2.25. The lowest BCUT2D eigenvalue weighted by molar-refractivity contribution is 0.126. The molecule has 0 aromatic heterocycles. The predicted octanol–water partition coefficient (Wildman–Crippen LogP) is 2.45. The topological polar surface area (TPSA) is 57.5 Å². The molecule has 0 aliphatic rings. The Morgan fingerprint density at radius 2 is 1.93 bits per heavy atom. The molecule has 0 aliphatic heterocycles. The van der Waals surface area contributed by atoms with Gasteiger partial charge in [-0.25, -0.2) is 0 Å². The molecule has 3 nitrogen and oxygen atoms in total. The smallest absolute Gasteiger partial charge is 0.219 e. The molecule has 84 valence electrons. The van der Waals surface area contributed by atoms with Gasteiger partial charge in [-0.1, -0.05) is 23.7 Å². The summed E-state index contributed by atoms with van der Waals surface area (Å²) in [5, 5.41) is 8.74. The molecule has 0 amide bonds. The molecule has 2 N–H and O–H groups in total. The van der Waals surface area contributed by atoms with Gasteiger partial charge in [-0.3, -0.25) is 4.57 Å². The Hall–Kier alpha value is -0.340. The van der Waals surface area contributed by atoms with Gasteiger partial charge < -0.3 is 10.00 Å². The summed E-state index contributed by atoms with van der Waals surface area (Å²) in [5.74, 6) is 0. The van der Waals surface area contributed by atoms with Crippen LogP contribution in [0.1, 0.15) is 18.9 Å². The van der Waals surface area contributed by atoms with E-state index in [0.29, 0.717) is 11.4 Å². The molecule has 0 radical (unpaired) electrons. The predicted molar refractivity (Wildman–Crippen MR) is 61.6 cm³/mol. The zero-order chi connectivity index (χ0) is 11.5. The van der Waals surface area contributed by atoms with Crippen molar-refractivity contribution in [3.05, 3.63) is 34.9 Å². The average Bonchev–Trinajstić information content (AvgIpc) is 2.17. The molecule has 0 heterocycles. The number of benzene rings is 1. The Bertz CT molecular complexity index is 348. The van der Waals surface area contributed by atoms with Crippen molar-refractivity contribution in [2.75, 3.05) is 0 Å². The van der Waals surface area contributed by atoms with Gasteiger partial charge in [-0.05, 0) is 37.5 Å². The molecule has 1 rings (SSSR count). The first kappa shape index (κ1) is 12.7. The zero-order valence-electron chi connectivity index (χ0n) is 8.40. The first-order chi connectivity index (χ1) is 6.92. The SMILES string of the molecule is CC(O)(CCc1ccc(Cl)cc1)[PH](=O)O. The second kappa shape index (κ2) is 5.13. The number of hydrogen-bond acceptors (Lipinski definition) is 2. The molecule has 1 aromatic carbocycles. The van der Waals surface area contributed by atoms with E-state index >= 15 is 0 Å². The second-order valence-electron chi connectivity index (χ2n) is 3.71. The van der Waals surface area contributed by atoms with Crippen molar-refractivity contribution in [3.63, 3.8) is 0 Å². The molecule has 1 aromatic rings. The number of halogens is 1. The highest BCUT2D eigenvalue weighted by atomic mass is 35.5. The maximum Gasteiger partial charge on any atom is 0.219 e. The van der Waals surface area contributed by atoms with Crippen LogP contribution in [0.5, 0.6) is 0 Å². The van der Waals surface area contributed by atoms with Crippen LogP contribution >= 0.6 is 19.6 Å². The number of rotatable bonds is 4. The summed E-state index contributed by atoms with van der Waals surface area (Å²) >= 11 is 5.72. The minimum atomic E-state index is -2.91. The summed E-state index contributed by atoms with van der Waals surface area (Å²) in [6, 6.07) is 7.20. The van der Waals surface area contributed by atoms with E-state index in [2.05, 4.69) is 0 Å². The summed E-state index contributed by atoms with van der Waals surface area (Å²) in [5.41, 5.74) is 0.989. The van der Waals surface area contributed by atoms with Crippen molar-refractivity contribution in [1.82, 2.24) is 0 Å². The highest BCUT2D eigenvalue weighted by molar-refractivity contribution is 7.39. The number of aliphatic hydroxyl groups is 1. The molecule has 0 fully saturated rings. The number of aryl methyl sites for hydroxylation is 1. The molecule has 15 heavy (non-hydrogen) atoms. The van der Waals surface area contributed by atoms with Gasteiger partial charge in [0.05, 0.1) is 0 Å². The fourth-order valence-corrected chi connectivity index (χ4v) is 1.61. The molecular formula is C10H14ClO3P. The van der Waals surface area contributed by atoms with Gasteiger partial charge in [0.15, 0.2) is 0 Å².